The van der Waals surface area contributed by atoms with Crippen molar-refractivity contribution in [2.45, 2.75) is 11.8 Å². The zero-order valence-corrected chi connectivity index (χ0v) is 11.5. The summed E-state index contributed by atoms with van der Waals surface area (Å²) in [6.45, 7) is 1.58. The lowest BCUT2D eigenvalue weighted by atomic mass is 10.1. The van der Waals surface area contributed by atoms with E-state index in [1.807, 2.05) is 60.7 Å². The molecular formula is C16H16O2S. The van der Waals surface area contributed by atoms with Gasteiger partial charge in [-0.05, 0) is 30.7 Å². The fourth-order valence-corrected chi connectivity index (χ4v) is 1.46. The van der Waals surface area contributed by atoms with Gasteiger partial charge in [0.25, 0.3) is 0 Å². The maximum absolute atomic E-state index is 10.4. The minimum absolute atomic E-state index is 0.348. The van der Waals surface area contributed by atoms with Gasteiger partial charge in [-0.25, -0.2) is 4.79 Å². The van der Waals surface area contributed by atoms with Crippen molar-refractivity contribution in [3.63, 3.8) is 0 Å². The van der Waals surface area contributed by atoms with Gasteiger partial charge in [0.15, 0.2) is 0 Å². The molecule has 0 saturated carbocycles. The van der Waals surface area contributed by atoms with Crippen LogP contribution in [0.25, 0.3) is 6.08 Å². The molecule has 0 heterocycles. The van der Waals surface area contributed by atoms with Crippen molar-refractivity contribution in [3.8, 4) is 0 Å². The van der Waals surface area contributed by atoms with Crippen molar-refractivity contribution in [1.82, 2.24) is 0 Å². The molecule has 0 bridgehead atoms. The van der Waals surface area contributed by atoms with Crippen LogP contribution in [0.5, 0.6) is 0 Å². The lowest BCUT2D eigenvalue weighted by molar-refractivity contribution is -0.132. The van der Waals surface area contributed by atoms with Crippen LogP contribution in [0.3, 0.4) is 0 Å². The molecule has 0 aliphatic heterocycles. The van der Waals surface area contributed by atoms with Crippen molar-refractivity contribution in [3.05, 3.63) is 71.8 Å². The van der Waals surface area contributed by atoms with Gasteiger partial charge in [0.1, 0.15) is 0 Å². The summed E-state index contributed by atoms with van der Waals surface area (Å²) in [5, 5.41) is 8.58. The minimum atomic E-state index is -0.876. The van der Waals surface area contributed by atoms with E-state index in [-0.39, 0.29) is 0 Å². The molecule has 0 aliphatic rings. The smallest absolute Gasteiger partial charge is 0.331 e. The van der Waals surface area contributed by atoms with Crippen LogP contribution < -0.4 is 0 Å². The third kappa shape index (κ3) is 6.48. The van der Waals surface area contributed by atoms with Crippen LogP contribution in [0.15, 0.2) is 71.1 Å². The first kappa shape index (κ1) is 15.1. The van der Waals surface area contributed by atoms with Gasteiger partial charge in [-0.3, -0.25) is 0 Å². The molecule has 0 unspecified atom stereocenters. The standard InChI is InChI=1S/C10H10O2.C6H6S/c1-8(10(11)12)7-9-5-3-2-4-6-9;7-6-4-2-1-3-5-6/h2-7H,1H3,(H,11,12);1-5,7H. The van der Waals surface area contributed by atoms with Gasteiger partial charge in [0.2, 0.25) is 0 Å². The summed E-state index contributed by atoms with van der Waals surface area (Å²) in [7, 11) is 0. The number of thiol groups is 1. The van der Waals surface area contributed by atoms with E-state index in [2.05, 4.69) is 12.6 Å². The molecule has 3 heteroatoms. The van der Waals surface area contributed by atoms with Crippen LogP contribution in [-0.4, -0.2) is 11.1 Å². The predicted molar refractivity (Wildman–Crippen MR) is 81.4 cm³/mol. The van der Waals surface area contributed by atoms with Crippen molar-refractivity contribution in [1.29, 1.82) is 0 Å². The zero-order chi connectivity index (χ0) is 14.1. The lowest BCUT2D eigenvalue weighted by Gasteiger charge is -1.93. The summed E-state index contributed by atoms with van der Waals surface area (Å²) >= 11 is 4.08. The summed E-state index contributed by atoms with van der Waals surface area (Å²) < 4.78 is 0. The van der Waals surface area contributed by atoms with Gasteiger partial charge >= 0.3 is 5.97 Å². The highest BCUT2D eigenvalue weighted by Crippen LogP contribution is 2.05. The van der Waals surface area contributed by atoms with E-state index in [0.717, 1.165) is 10.5 Å². The fraction of sp³-hybridized carbons (Fsp3) is 0.0625. The fourth-order valence-electron chi connectivity index (χ4n) is 1.29. The zero-order valence-electron chi connectivity index (χ0n) is 10.7. The first-order valence-electron chi connectivity index (χ1n) is 5.80. The molecule has 19 heavy (non-hydrogen) atoms. The van der Waals surface area contributed by atoms with Gasteiger partial charge in [0.05, 0.1) is 0 Å². The molecule has 2 aromatic rings. The largest absolute Gasteiger partial charge is 0.478 e. The third-order valence-corrected chi connectivity index (χ3v) is 2.57. The quantitative estimate of drug-likeness (QED) is 0.636. The summed E-state index contributed by atoms with van der Waals surface area (Å²) in [6.07, 6.45) is 1.64. The summed E-state index contributed by atoms with van der Waals surface area (Å²) in [6, 6.07) is 19.2. The Morgan fingerprint density at radius 1 is 1.00 bits per heavy atom. The molecule has 2 aromatic carbocycles. The van der Waals surface area contributed by atoms with E-state index in [1.165, 1.54) is 0 Å². The highest BCUT2D eigenvalue weighted by atomic mass is 32.1. The Labute approximate surface area is 118 Å². The topological polar surface area (TPSA) is 37.3 Å². The Morgan fingerprint density at radius 2 is 1.47 bits per heavy atom. The second kappa shape index (κ2) is 8.16. The summed E-state index contributed by atoms with van der Waals surface area (Å²) in [5.41, 5.74) is 1.26. The van der Waals surface area contributed by atoms with E-state index in [4.69, 9.17) is 5.11 Å². The van der Waals surface area contributed by atoms with E-state index >= 15 is 0 Å². The van der Waals surface area contributed by atoms with Crippen molar-refractivity contribution in [2.75, 3.05) is 0 Å². The first-order valence-corrected chi connectivity index (χ1v) is 6.25. The number of hydrogen-bond donors (Lipinski definition) is 2. The average molecular weight is 272 g/mol. The normalized spacial score (nSPS) is 10.3. The lowest BCUT2D eigenvalue weighted by Crippen LogP contribution is -1.95. The molecule has 0 aliphatic carbocycles. The molecule has 0 amide bonds. The molecule has 0 aromatic heterocycles. The first-order chi connectivity index (χ1) is 9.09. The Hall–Kier alpha value is -2.00. The monoisotopic (exact) mass is 272 g/mol. The maximum Gasteiger partial charge on any atom is 0.331 e. The van der Waals surface area contributed by atoms with E-state index in [0.29, 0.717) is 5.57 Å². The van der Waals surface area contributed by atoms with Crippen LogP contribution in [0.2, 0.25) is 0 Å². The number of carboxylic acid groups (broad SMARTS) is 1. The number of carboxylic acids is 1. The van der Waals surface area contributed by atoms with E-state index in [9.17, 15) is 4.79 Å². The number of hydrogen-bond acceptors (Lipinski definition) is 2. The van der Waals surface area contributed by atoms with Crippen molar-refractivity contribution >= 4 is 24.7 Å². The number of rotatable bonds is 2. The molecule has 0 radical (unpaired) electrons. The van der Waals surface area contributed by atoms with Crippen LogP contribution in [0.4, 0.5) is 0 Å². The molecule has 0 spiro atoms. The SMILES string of the molecule is CC(=Cc1ccccc1)C(=O)O.Sc1ccccc1. The molecule has 1 N–H and O–H groups in total. The molecule has 2 nitrogen and oxygen atoms in total. The van der Waals surface area contributed by atoms with Crippen LogP contribution in [-0.2, 0) is 4.79 Å². The van der Waals surface area contributed by atoms with Gasteiger partial charge in [0, 0.05) is 10.5 Å². The second-order valence-electron chi connectivity index (χ2n) is 3.88. The highest BCUT2D eigenvalue weighted by molar-refractivity contribution is 7.80. The van der Waals surface area contributed by atoms with Gasteiger partial charge < -0.3 is 5.11 Å². The average Bonchev–Trinajstić information content (AvgIpc) is 2.41. The predicted octanol–water partition coefficient (Wildman–Crippen LogP) is 4.15. The van der Waals surface area contributed by atoms with Gasteiger partial charge in [-0.1, -0.05) is 48.5 Å². The van der Waals surface area contributed by atoms with Crippen molar-refractivity contribution < 1.29 is 9.90 Å². The molecule has 0 saturated heterocycles. The van der Waals surface area contributed by atoms with Gasteiger partial charge in [-0.15, -0.1) is 12.6 Å². The van der Waals surface area contributed by atoms with Crippen LogP contribution in [0, 0.1) is 0 Å². The maximum atomic E-state index is 10.4. The van der Waals surface area contributed by atoms with Crippen LogP contribution >= 0.6 is 12.6 Å². The minimum Gasteiger partial charge on any atom is -0.478 e. The number of carbonyl (C=O) groups is 1. The van der Waals surface area contributed by atoms with E-state index in [1.54, 1.807) is 13.0 Å². The second-order valence-corrected chi connectivity index (χ2v) is 4.40. The van der Waals surface area contributed by atoms with Crippen molar-refractivity contribution in [2.24, 2.45) is 0 Å². The Bertz CT molecular complexity index is 533. The molecule has 0 atom stereocenters. The Balaban J connectivity index is 0.000000218. The Kier molecular flexibility index (Phi) is 6.47. The number of aliphatic carboxylic acids is 1. The summed E-state index contributed by atoms with van der Waals surface area (Å²) in [5.74, 6) is -0.876. The van der Waals surface area contributed by atoms with E-state index < -0.39 is 5.97 Å². The molecule has 2 rings (SSSR count). The molecular weight excluding hydrogens is 256 g/mol. The highest BCUT2D eigenvalue weighted by Gasteiger charge is 1.98. The summed E-state index contributed by atoms with van der Waals surface area (Å²) in [4.78, 5) is 11.5. The van der Waals surface area contributed by atoms with Crippen LogP contribution in [0.1, 0.15) is 12.5 Å². The van der Waals surface area contributed by atoms with Gasteiger partial charge in [-0.2, -0.15) is 0 Å². The third-order valence-electron chi connectivity index (χ3n) is 2.28. The number of benzene rings is 2. The Morgan fingerprint density at radius 3 is 1.84 bits per heavy atom. The molecule has 98 valence electrons. The molecule has 0 fully saturated rings.